The molecule has 0 heterocycles. The van der Waals surface area contributed by atoms with Gasteiger partial charge in [-0.05, 0) is 23.7 Å². The number of hydrogen-bond acceptors (Lipinski definition) is 1. The smallest absolute Gasteiger partial charge is 0.0585 e. The van der Waals surface area contributed by atoms with Gasteiger partial charge in [-0.15, -0.1) is 6.58 Å². The van der Waals surface area contributed by atoms with Crippen LogP contribution in [0.25, 0.3) is 0 Å². The summed E-state index contributed by atoms with van der Waals surface area (Å²) < 4.78 is 0.893. The molecule has 1 atom stereocenters. The number of allylic oxidation sites excluding steroid dienone is 1. The zero-order valence-electron chi connectivity index (χ0n) is 10.3. The lowest BCUT2D eigenvalue weighted by Gasteiger charge is -2.08. The minimum atomic E-state index is -0.215. The average Bonchev–Trinajstić information content (AvgIpc) is 2.21. The van der Waals surface area contributed by atoms with E-state index < -0.39 is 0 Å². The Morgan fingerprint density at radius 2 is 1.69 bits per heavy atom. The summed E-state index contributed by atoms with van der Waals surface area (Å²) in [6.45, 7) is 7.44. The molecule has 0 aliphatic rings. The Morgan fingerprint density at radius 3 is 2.25 bits per heavy atom. The van der Waals surface area contributed by atoms with E-state index in [1.807, 2.05) is 6.08 Å². The highest BCUT2D eigenvalue weighted by molar-refractivity contribution is 9.11. The van der Waals surface area contributed by atoms with Gasteiger partial charge in [0.15, 0.2) is 0 Å². The van der Waals surface area contributed by atoms with E-state index in [-0.39, 0.29) is 6.10 Å². The molecular weight excluding hydrogens is 264 g/mol. The van der Waals surface area contributed by atoms with Crippen LogP contribution < -0.4 is 0 Å². The molecule has 0 rings (SSSR count). The van der Waals surface area contributed by atoms with Crippen LogP contribution >= 0.6 is 15.9 Å². The Morgan fingerprint density at radius 1 is 1.12 bits per heavy atom. The maximum atomic E-state index is 9.59. The third-order valence-corrected chi connectivity index (χ3v) is 2.98. The molecule has 0 aliphatic heterocycles. The fourth-order valence-corrected chi connectivity index (χ4v) is 2.11. The lowest BCUT2D eigenvalue weighted by Crippen LogP contribution is -2.05. The number of aliphatic hydroxyl groups excluding tert-OH is 1. The lowest BCUT2D eigenvalue weighted by molar-refractivity contribution is 0.163. The number of aliphatic hydroxyl groups is 1. The zero-order valence-corrected chi connectivity index (χ0v) is 11.8. The maximum absolute atomic E-state index is 9.59. The van der Waals surface area contributed by atoms with Crippen molar-refractivity contribution in [2.45, 2.75) is 63.9 Å². The first-order valence-corrected chi connectivity index (χ1v) is 7.08. The van der Waals surface area contributed by atoms with Crippen molar-refractivity contribution in [2.75, 3.05) is 0 Å². The molecule has 0 fully saturated rings. The van der Waals surface area contributed by atoms with Crippen LogP contribution in [-0.2, 0) is 0 Å². The van der Waals surface area contributed by atoms with E-state index in [0.29, 0.717) is 6.42 Å². The van der Waals surface area contributed by atoms with E-state index in [4.69, 9.17) is 0 Å². The van der Waals surface area contributed by atoms with Crippen molar-refractivity contribution < 1.29 is 5.11 Å². The van der Waals surface area contributed by atoms with Gasteiger partial charge >= 0.3 is 0 Å². The van der Waals surface area contributed by atoms with Crippen LogP contribution in [0, 0.1) is 0 Å². The molecular formula is C14H25BrO. The monoisotopic (exact) mass is 288 g/mol. The number of hydrogen-bond donors (Lipinski definition) is 1. The van der Waals surface area contributed by atoms with E-state index >= 15 is 0 Å². The lowest BCUT2D eigenvalue weighted by atomic mass is 10.0. The summed E-state index contributed by atoms with van der Waals surface area (Å²) in [7, 11) is 0. The van der Waals surface area contributed by atoms with Crippen molar-refractivity contribution in [3.8, 4) is 0 Å². The predicted molar refractivity (Wildman–Crippen MR) is 75.8 cm³/mol. The molecule has 0 aromatic rings. The van der Waals surface area contributed by atoms with E-state index in [9.17, 15) is 5.11 Å². The highest BCUT2D eigenvalue weighted by Gasteiger charge is 2.04. The second-order valence-corrected chi connectivity index (χ2v) is 5.48. The number of halogens is 1. The largest absolute Gasteiger partial charge is 0.393 e. The molecule has 2 heteroatoms. The van der Waals surface area contributed by atoms with Crippen molar-refractivity contribution in [1.29, 1.82) is 0 Å². The molecule has 94 valence electrons. The Kier molecular flexibility index (Phi) is 11.3. The van der Waals surface area contributed by atoms with Gasteiger partial charge in [0, 0.05) is 6.42 Å². The van der Waals surface area contributed by atoms with Crippen molar-refractivity contribution in [3.63, 3.8) is 0 Å². The van der Waals surface area contributed by atoms with Gasteiger partial charge in [-0.3, -0.25) is 0 Å². The fourth-order valence-electron chi connectivity index (χ4n) is 1.73. The van der Waals surface area contributed by atoms with Gasteiger partial charge in [0.1, 0.15) is 0 Å². The number of unbranched alkanes of at least 4 members (excludes halogenated alkanes) is 6. The van der Waals surface area contributed by atoms with Crippen molar-refractivity contribution in [3.05, 3.63) is 23.7 Å². The van der Waals surface area contributed by atoms with Gasteiger partial charge in [-0.1, -0.05) is 60.7 Å². The Labute approximate surface area is 109 Å². The van der Waals surface area contributed by atoms with Crippen molar-refractivity contribution in [1.82, 2.24) is 0 Å². The van der Waals surface area contributed by atoms with Gasteiger partial charge in [0.2, 0.25) is 0 Å². The van der Waals surface area contributed by atoms with Gasteiger partial charge in [0.05, 0.1) is 6.10 Å². The summed E-state index contributed by atoms with van der Waals surface area (Å²) in [4.78, 5) is 0. The quantitative estimate of drug-likeness (QED) is 0.421. The number of rotatable bonds is 11. The normalized spacial score (nSPS) is 12.4. The van der Waals surface area contributed by atoms with Crippen LogP contribution in [0.5, 0.6) is 0 Å². The molecule has 0 amide bonds. The third kappa shape index (κ3) is 12.0. The SMILES string of the molecule is C=CCCCCCCCCC(O)CC(=C)Br. The average molecular weight is 289 g/mol. The molecule has 0 saturated carbocycles. The first-order chi connectivity index (χ1) is 7.66. The maximum Gasteiger partial charge on any atom is 0.0585 e. The van der Waals surface area contributed by atoms with Crippen LogP contribution in [0.3, 0.4) is 0 Å². The Balaban J connectivity index is 3.14. The summed E-state index contributed by atoms with van der Waals surface area (Å²) in [5.74, 6) is 0. The van der Waals surface area contributed by atoms with Crippen LogP contribution in [0.1, 0.15) is 57.8 Å². The van der Waals surface area contributed by atoms with Crippen LogP contribution in [0.4, 0.5) is 0 Å². The second-order valence-electron chi connectivity index (χ2n) is 4.36. The van der Waals surface area contributed by atoms with E-state index in [1.54, 1.807) is 0 Å². The molecule has 0 aliphatic carbocycles. The minimum absolute atomic E-state index is 0.215. The summed E-state index contributed by atoms with van der Waals surface area (Å²) in [5.41, 5.74) is 0. The molecule has 0 aromatic carbocycles. The zero-order chi connectivity index (χ0) is 12.2. The van der Waals surface area contributed by atoms with E-state index in [0.717, 1.165) is 23.7 Å². The molecule has 0 bridgehead atoms. The summed E-state index contributed by atoms with van der Waals surface area (Å²) in [6, 6.07) is 0. The molecule has 1 unspecified atom stereocenters. The molecule has 1 N–H and O–H groups in total. The molecule has 0 radical (unpaired) electrons. The molecule has 0 saturated heterocycles. The van der Waals surface area contributed by atoms with E-state index in [2.05, 4.69) is 29.1 Å². The summed E-state index contributed by atoms with van der Waals surface area (Å²) in [5, 5.41) is 9.59. The first-order valence-electron chi connectivity index (χ1n) is 6.29. The van der Waals surface area contributed by atoms with Gasteiger partial charge in [-0.25, -0.2) is 0 Å². The topological polar surface area (TPSA) is 20.2 Å². The highest BCUT2D eigenvalue weighted by Crippen LogP contribution is 2.15. The van der Waals surface area contributed by atoms with Crippen LogP contribution in [0.15, 0.2) is 23.7 Å². The van der Waals surface area contributed by atoms with E-state index in [1.165, 1.54) is 32.1 Å². The minimum Gasteiger partial charge on any atom is -0.393 e. The molecule has 0 spiro atoms. The summed E-state index contributed by atoms with van der Waals surface area (Å²) in [6.07, 6.45) is 12.1. The van der Waals surface area contributed by atoms with Crippen LogP contribution in [-0.4, -0.2) is 11.2 Å². The first kappa shape index (κ1) is 15.9. The van der Waals surface area contributed by atoms with Gasteiger partial charge < -0.3 is 5.11 Å². The highest BCUT2D eigenvalue weighted by atomic mass is 79.9. The van der Waals surface area contributed by atoms with Gasteiger partial charge in [0.25, 0.3) is 0 Å². The van der Waals surface area contributed by atoms with Crippen molar-refractivity contribution in [2.24, 2.45) is 0 Å². The van der Waals surface area contributed by atoms with Crippen molar-refractivity contribution >= 4 is 15.9 Å². The summed E-state index contributed by atoms with van der Waals surface area (Å²) >= 11 is 3.27. The Hall–Kier alpha value is -0.0800. The predicted octanol–water partition coefficient (Wildman–Crippen LogP) is 4.95. The fraction of sp³-hybridized carbons (Fsp3) is 0.714. The Bertz CT molecular complexity index is 189. The molecule has 1 nitrogen and oxygen atoms in total. The van der Waals surface area contributed by atoms with Gasteiger partial charge in [-0.2, -0.15) is 0 Å². The molecule has 16 heavy (non-hydrogen) atoms. The standard InChI is InChI=1S/C14H25BrO/c1-3-4-5-6-7-8-9-10-11-14(16)12-13(2)15/h3,14,16H,1-2,4-12H2. The molecule has 0 aromatic heterocycles. The second kappa shape index (κ2) is 11.4. The van der Waals surface area contributed by atoms with Crippen LogP contribution in [0.2, 0.25) is 0 Å². The third-order valence-electron chi connectivity index (χ3n) is 2.65.